The topological polar surface area (TPSA) is 73.8 Å². The van der Waals surface area contributed by atoms with Crippen LogP contribution in [0.4, 0.5) is 0 Å². The van der Waals surface area contributed by atoms with E-state index in [-0.39, 0.29) is 0 Å². The maximum atomic E-state index is 6.54. The Morgan fingerprint density at radius 2 is 0.586 bits per heavy atom. The molecule has 29 heavy (non-hydrogen) atoms. The van der Waals surface area contributed by atoms with Crippen LogP contribution in [0.1, 0.15) is 55.4 Å². The Balaban J connectivity index is 6.27. The van der Waals surface area contributed by atoms with Crippen LogP contribution in [0.3, 0.4) is 0 Å². The van der Waals surface area contributed by atoms with E-state index in [0.717, 1.165) is 0 Å². The Morgan fingerprint density at radius 1 is 0.414 bits per heavy atom. The van der Waals surface area contributed by atoms with Gasteiger partial charge in [0, 0.05) is 0 Å². The molecule has 0 aromatic rings. The molecule has 0 aromatic heterocycles. The molecule has 0 atom stereocenters. The van der Waals surface area contributed by atoms with E-state index in [1.807, 2.05) is 55.4 Å². The summed E-state index contributed by atoms with van der Waals surface area (Å²) in [5.41, 5.74) is -2.82. The molecule has 176 valence electrons. The van der Waals surface area contributed by atoms with Gasteiger partial charge in [-0.05, 0) is 0 Å². The van der Waals surface area contributed by atoms with E-state index < -0.39 is 40.5 Å². The van der Waals surface area contributed by atoms with Crippen LogP contribution in [-0.2, 0) is 50.4 Å². The average Bonchev–Trinajstić information content (AvgIpc) is 2.43. The minimum absolute atomic E-state index is 0.343. The van der Waals surface area contributed by atoms with Crippen molar-refractivity contribution in [1.29, 1.82) is 0 Å². The van der Waals surface area contributed by atoms with Crippen LogP contribution in [0, 0.1) is 0 Å². The number of rotatable bonds is 16. The fourth-order valence-corrected chi connectivity index (χ4v) is 7.97. The van der Waals surface area contributed by atoms with Crippen molar-refractivity contribution in [1.82, 2.24) is 0 Å². The van der Waals surface area contributed by atoms with Gasteiger partial charge < -0.3 is 0 Å². The van der Waals surface area contributed by atoms with Crippen LogP contribution in [-0.4, -0.2) is 77.3 Å². The van der Waals surface area contributed by atoms with Crippen LogP contribution >= 0.6 is 0 Å². The summed E-state index contributed by atoms with van der Waals surface area (Å²) >= 11 is -4.48. The van der Waals surface area contributed by atoms with Crippen molar-refractivity contribution in [2.45, 2.75) is 77.8 Å². The Morgan fingerprint density at radius 3 is 0.724 bits per heavy atom. The van der Waals surface area contributed by atoms with Crippen molar-refractivity contribution in [3.05, 3.63) is 0 Å². The Kier molecular flexibility index (Phi) is 12.0. The number of ether oxygens (including phenoxy) is 4. The fraction of sp³-hybridized carbons (Fsp3) is 1.00. The van der Waals surface area contributed by atoms with E-state index in [4.69, 9.17) is 32.2 Å². The maximum absolute atomic E-state index is 6.54. The second kappa shape index (κ2) is 11.9. The molecule has 9 heteroatoms. The first kappa shape index (κ1) is 29.4. The molecule has 0 amide bonds. The SMILES string of the molecule is COCC(C)(C)[O][Ti]([O]C(C)(C)COC)([O]C(C)(C)COC)[O]C(C)(C)COC. The molecule has 0 spiro atoms. The third-order valence-electron chi connectivity index (χ3n) is 3.57. The predicted octanol–water partition coefficient (Wildman–Crippen LogP) is 3.57. The van der Waals surface area contributed by atoms with Gasteiger partial charge in [0.25, 0.3) is 0 Å². The van der Waals surface area contributed by atoms with Crippen molar-refractivity contribution in [2.24, 2.45) is 0 Å². The fourth-order valence-electron chi connectivity index (χ4n) is 2.99. The van der Waals surface area contributed by atoms with Crippen LogP contribution < -0.4 is 0 Å². The van der Waals surface area contributed by atoms with Gasteiger partial charge >= 0.3 is 183 Å². The molecular weight excluding hydrogens is 416 g/mol. The molecule has 8 nitrogen and oxygen atoms in total. The van der Waals surface area contributed by atoms with E-state index in [1.165, 1.54) is 0 Å². The summed E-state index contributed by atoms with van der Waals surface area (Å²) in [5, 5.41) is 0. The first-order valence-corrected chi connectivity index (χ1v) is 12.4. The van der Waals surface area contributed by atoms with Gasteiger partial charge in [-0.15, -0.1) is 0 Å². The molecule has 0 fully saturated rings. The molecule has 0 unspecified atom stereocenters. The summed E-state index contributed by atoms with van der Waals surface area (Å²) in [7, 11) is 6.50. The van der Waals surface area contributed by atoms with Gasteiger partial charge in [-0.1, -0.05) is 0 Å². The minimum atomic E-state index is -4.48. The number of hydrogen-bond donors (Lipinski definition) is 0. The summed E-state index contributed by atoms with van der Waals surface area (Å²) < 4.78 is 47.6. The van der Waals surface area contributed by atoms with E-state index >= 15 is 0 Å². The number of methoxy groups -OCH3 is 4. The Labute approximate surface area is 183 Å². The van der Waals surface area contributed by atoms with Crippen molar-refractivity contribution in [3.63, 3.8) is 0 Å². The molecule has 0 saturated carbocycles. The van der Waals surface area contributed by atoms with Gasteiger partial charge in [-0.25, -0.2) is 0 Å². The summed E-state index contributed by atoms with van der Waals surface area (Å²) in [6.07, 6.45) is 0. The third-order valence-corrected chi connectivity index (χ3v) is 8.59. The molecule has 0 aromatic carbocycles. The molecule has 0 bridgehead atoms. The average molecular weight is 460 g/mol. The Bertz CT molecular complexity index is 380. The molecule has 0 heterocycles. The van der Waals surface area contributed by atoms with Crippen LogP contribution in [0.2, 0.25) is 0 Å². The van der Waals surface area contributed by atoms with Crippen LogP contribution in [0.25, 0.3) is 0 Å². The second-order valence-corrected chi connectivity index (χ2v) is 12.5. The van der Waals surface area contributed by atoms with Gasteiger partial charge in [0.05, 0.1) is 0 Å². The molecule has 0 aliphatic rings. The molecule has 0 aliphatic carbocycles. The molecule has 0 rings (SSSR count). The van der Waals surface area contributed by atoms with Gasteiger partial charge in [-0.2, -0.15) is 0 Å². The van der Waals surface area contributed by atoms with Crippen LogP contribution in [0.15, 0.2) is 0 Å². The zero-order valence-corrected chi connectivity index (χ0v) is 22.2. The molecule has 0 aliphatic heterocycles. The van der Waals surface area contributed by atoms with Crippen molar-refractivity contribution in [2.75, 3.05) is 54.9 Å². The molecule has 0 radical (unpaired) electrons. The Hall–Kier alpha value is 0.394. The predicted molar refractivity (Wildman–Crippen MR) is 108 cm³/mol. The van der Waals surface area contributed by atoms with Gasteiger partial charge in [0.2, 0.25) is 0 Å². The summed E-state index contributed by atoms with van der Waals surface area (Å²) in [6, 6.07) is 0. The van der Waals surface area contributed by atoms with Crippen molar-refractivity contribution >= 4 is 0 Å². The van der Waals surface area contributed by atoms with E-state index in [1.54, 1.807) is 28.4 Å². The van der Waals surface area contributed by atoms with Crippen molar-refractivity contribution in [3.8, 4) is 0 Å². The normalized spacial score (nSPS) is 14.5. The molecule has 0 N–H and O–H groups in total. The standard InChI is InChI=1S/4C5H11O2.Ti/c4*1-5(2,6)4-7-3;/h4*4H2,1-3H3;/q4*-1;+4. The zero-order valence-electron chi connectivity index (χ0n) is 20.6. The monoisotopic (exact) mass is 460 g/mol. The molecule has 0 saturated heterocycles. The molecular formula is C20H44O8Ti. The van der Waals surface area contributed by atoms with E-state index in [2.05, 4.69) is 0 Å². The number of hydrogen-bond acceptors (Lipinski definition) is 8. The van der Waals surface area contributed by atoms with Crippen molar-refractivity contribution < 1.29 is 50.4 Å². The second-order valence-electron chi connectivity index (χ2n) is 9.68. The first-order valence-electron chi connectivity index (χ1n) is 9.83. The van der Waals surface area contributed by atoms with Gasteiger partial charge in [0.1, 0.15) is 0 Å². The third kappa shape index (κ3) is 12.1. The summed E-state index contributed by atoms with van der Waals surface area (Å²) in [5.74, 6) is 0. The summed E-state index contributed by atoms with van der Waals surface area (Å²) in [4.78, 5) is 0. The first-order chi connectivity index (χ1) is 13.1. The van der Waals surface area contributed by atoms with Crippen LogP contribution in [0.5, 0.6) is 0 Å². The van der Waals surface area contributed by atoms with Gasteiger partial charge in [-0.3, -0.25) is 0 Å². The van der Waals surface area contributed by atoms with E-state index in [9.17, 15) is 0 Å². The van der Waals surface area contributed by atoms with Gasteiger partial charge in [0.15, 0.2) is 0 Å². The summed E-state index contributed by atoms with van der Waals surface area (Å²) in [6.45, 7) is 16.7. The quantitative estimate of drug-likeness (QED) is 0.324. The zero-order chi connectivity index (χ0) is 23.0. The van der Waals surface area contributed by atoms with E-state index in [0.29, 0.717) is 26.4 Å².